The molecule has 0 unspecified atom stereocenters. The van der Waals surface area contributed by atoms with E-state index < -0.39 is 8.32 Å². The third kappa shape index (κ3) is 4.80. The number of nitrogens with one attached hydrogen (secondary N) is 1. The first-order valence-electron chi connectivity index (χ1n) is 9.05. The van der Waals surface area contributed by atoms with Gasteiger partial charge in [0.05, 0.1) is 6.54 Å². The summed E-state index contributed by atoms with van der Waals surface area (Å²) in [5.74, 6) is 0. The standard InChI is InChI=1S/C21H28N2OSi/c1-25(2,3)24-14-13-21-15-19(22)16-23(21)20-11-9-18(10-12-20)17-7-5-4-6-8-17/h4-12,21-22H,13-16H2,1-3H3/t21-/m1/s1. The molecule has 1 N–H and O–H groups in total. The number of benzene rings is 2. The SMILES string of the molecule is C[Si](C)(C)OCC[C@@H]1CC(=N)CN1c1ccc(-c2ccccc2)cc1. The lowest BCUT2D eigenvalue weighted by Gasteiger charge is -2.27. The summed E-state index contributed by atoms with van der Waals surface area (Å²) < 4.78 is 6.03. The molecule has 0 amide bonds. The summed E-state index contributed by atoms with van der Waals surface area (Å²) in [6.07, 6.45) is 1.85. The maximum atomic E-state index is 8.12. The third-order valence-corrected chi connectivity index (χ3v) is 5.65. The zero-order chi connectivity index (χ0) is 17.9. The lowest BCUT2D eigenvalue weighted by atomic mass is 10.0. The second-order valence-corrected chi connectivity index (χ2v) is 12.3. The molecule has 2 aromatic carbocycles. The molecule has 1 saturated heterocycles. The summed E-state index contributed by atoms with van der Waals surface area (Å²) in [5, 5.41) is 8.12. The van der Waals surface area contributed by atoms with Gasteiger partial charge < -0.3 is 14.7 Å². The fourth-order valence-corrected chi connectivity index (χ4v) is 4.06. The average Bonchev–Trinajstić information content (AvgIpc) is 2.95. The predicted molar refractivity (Wildman–Crippen MR) is 109 cm³/mol. The van der Waals surface area contributed by atoms with Gasteiger partial charge in [-0.2, -0.15) is 0 Å². The van der Waals surface area contributed by atoms with E-state index in [1.54, 1.807) is 0 Å². The van der Waals surface area contributed by atoms with Crippen LogP contribution in [0.25, 0.3) is 11.1 Å². The summed E-state index contributed by atoms with van der Waals surface area (Å²) in [7, 11) is -1.46. The van der Waals surface area contributed by atoms with E-state index in [0.717, 1.165) is 31.7 Å². The Morgan fingerprint density at radius 2 is 1.64 bits per heavy atom. The van der Waals surface area contributed by atoms with Gasteiger partial charge in [0.15, 0.2) is 8.32 Å². The molecule has 0 radical (unpaired) electrons. The number of anilines is 1. The second-order valence-electron chi connectivity index (χ2n) is 7.75. The van der Waals surface area contributed by atoms with Crippen molar-refractivity contribution in [3.63, 3.8) is 0 Å². The fraction of sp³-hybridized carbons (Fsp3) is 0.381. The van der Waals surface area contributed by atoms with Crippen molar-refractivity contribution in [1.82, 2.24) is 0 Å². The maximum absolute atomic E-state index is 8.12. The van der Waals surface area contributed by atoms with Crippen LogP contribution in [-0.2, 0) is 4.43 Å². The molecule has 0 aliphatic carbocycles. The van der Waals surface area contributed by atoms with Gasteiger partial charge in [-0.25, -0.2) is 0 Å². The monoisotopic (exact) mass is 352 g/mol. The van der Waals surface area contributed by atoms with E-state index in [2.05, 4.69) is 73.1 Å². The Labute approximate surface area is 152 Å². The zero-order valence-corrected chi connectivity index (χ0v) is 16.5. The third-order valence-electron chi connectivity index (χ3n) is 4.58. The lowest BCUT2D eigenvalue weighted by Crippen LogP contribution is -2.33. The van der Waals surface area contributed by atoms with Gasteiger partial charge in [-0.05, 0) is 49.3 Å². The molecular formula is C21H28N2OSi. The van der Waals surface area contributed by atoms with Gasteiger partial charge in [-0.3, -0.25) is 0 Å². The van der Waals surface area contributed by atoms with Crippen LogP contribution in [-0.4, -0.2) is 33.2 Å². The van der Waals surface area contributed by atoms with Gasteiger partial charge in [-0.15, -0.1) is 0 Å². The van der Waals surface area contributed by atoms with Crippen molar-refractivity contribution in [2.75, 3.05) is 18.1 Å². The van der Waals surface area contributed by atoms with Gasteiger partial charge in [0.1, 0.15) is 0 Å². The van der Waals surface area contributed by atoms with Crippen molar-refractivity contribution in [2.45, 2.75) is 38.5 Å². The Kier molecular flexibility index (Phi) is 5.40. The van der Waals surface area contributed by atoms with Crippen molar-refractivity contribution in [1.29, 1.82) is 5.41 Å². The molecule has 1 aliphatic rings. The van der Waals surface area contributed by atoms with Crippen LogP contribution in [0.15, 0.2) is 54.6 Å². The van der Waals surface area contributed by atoms with E-state index in [4.69, 9.17) is 9.84 Å². The zero-order valence-electron chi connectivity index (χ0n) is 15.5. The molecule has 0 saturated carbocycles. The minimum atomic E-state index is -1.46. The van der Waals surface area contributed by atoms with Crippen LogP contribution in [0, 0.1) is 5.41 Å². The number of nitrogens with zero attached hydrogens (tertiary/aromatic N) is 1. The van der Waals surface area contributed by atoms with Gasteiger partial charge >= 0.3 is 0 Å². The van der Waals surface area contributed by atoms with Crippen molar-refractivity contribution in [2.24, 2.45) is 0 Å². The van der Waals surface area contributed by atoms with Crippen LogP contribution in [0.1, 0.15) is 12.8 Å². The molecule has 1 fully saturated rings. The van der Waals surface area contributed by atoms with E-state index in [1.165, 1.54) is 16.8 Å². The molecule has 4 heteroatoms. The molecule has 1 aliphatic heterocycles. The van der Waals surface area contributed by atoms with Crippen LogP contribution in [0.5, 0.6) is 0 Å². The summed E-state index contributed by atoms with van der Waals surface area (Å²) in [5.41, 5.74) is 4.51. The largest absolute Gasteiger partial charge is 0.418 e. The van der Waals surface area contributed by atoms with Gasteiger partial charge in [0.2, 0.25) is 0 Å². The molecule has 3 rings (SSSR count). The Bertz CT molecular complexity index is 707. The smallest absolute Gasteiger partial charge is 0.183 e. The van der Waals surface area contributed by atoms with E-state index in [9.17, 15) is 0 Å². The average molecular weight is 353 g/mol. The topological polar surface area (TPSA) is 36.3 Å². The minimum absolute atomic E-state index is 0.381. The Morgan fingerprint density at radius 1 is 1.00 bits per heavy atom. The van der Waals surface area contributed by atoms with E-state index in [-0.39, 0.29) is 0 Å². The second kappa shape index (κ2) is 7.54. The normalized spacial score (nSPS) is 18.0. The highest BCUT2D eigenvalue weighted by Gasteiger charge is 2.28. The van der Waals surface area contributed by atoms with E-state index in [0.29, 0.717) is 6.04 Å². The van der Waals surface area contributed by atoms with Gasteiger partial charge in [0, 0.05) is 30.5 Å². The van der Waals surface area contributed by atoms with Crippen LogP contribution >= 0.6 is 0 Å². The fourth-order valence-electron chi connectivity index (χ4n) is 3.33. The summed E-state index contributed by atoms with van der Waals surface area (Å²) in [6, 6.07) is 19.6. The van der Waals surface area contributed by atoms with Crippen molar-refractivity contribution in [3.05, 3.63) is 54.6 Å². The summed E-state index contributed by atoms with van der Waals surface area (Å²) >= 11 is 0. The van der Waals surface area contributed by atoms with Crippen molar-refractivity contribution in [3.8, 4) is 11.1 Å². The van der Waals surface area contributed by atoms with Gasteiger partial charge in [0.25, 0.3) is 0 Å². The highest BCUT2D eigenvalue weighted by molar-refractivity contribution is 6.69. The lowest BCUT2D eigenvalue weighted by molar-refractivity contribution is 0.292. The minimum Gasteiger partial charge on any atom is -0.418 e. The van der Waals surface area contributed by atoms with E-state index in [1.807, 2.05) is 6.07 Å². The van der Waals surface area contributed by atoms with Crippen LogP contribution < -0.4 is 4.90 Å². The maximum Gasteiger partial charge on any atom is 0.183 e. The molecule has 0 bridgehead atoms. The Balaban J connectivity index is 1.69. The summed E-state index contributed by atoms with van der Waals surface area (Å²) in [4.78, 5) is 2.37. The highest BCUT2D eigenvalue weighted by atomic mass is 28.4. The first kappa shape index (κ1) is 17.9. The molecular weight excluding hydrogens is 324 g/mol. The number of hydrogen-bond donors (Lipinski definition) is 1. The molecule has 132 valence electrons. The predicted octanol–water partition coefficient (Wildman–Crippen LogP) is 5.19. The Morgan fingerprint density at radius 3 is 2.28 bits per heavy atom. The molecule has 1 atom stereocenters. The van der Waals surface area contributed by atoms with Crippen molar-refractivity contribution >= 4 is 19.7 Å². The quantitative estimate of drug-likeness (QED) is 0.726. The summed E-state index contributed by atoms with van der Waals surface area (Å²) in [6.45, 7) is 8.21. The van der Waals surface area contributed by atoms with Crippen LogP contribution in [0.4, 0.5) is 5.69 Å². The van der Waals surface area contributed by atoms with Crippen LogP contribution in [0.3, 0.4) is 0 Å². The van der Waals surface area contributed by atoms with Crippen molar-refractivity contribution < 1.29 is 4.43 Å². The van der Waals surface area contributed by atoms with E-state index >= 15 is 0 Å². The van der Waals surface area contributed by atoms with Crippen LogP contribution in [0.2, 0.25) is 19.6 Å². The van der Waals surface area contributed by atoms with Gasteiger partial charge in [-0.1, -0.05) is 42.5 Å². The number of rotatable bonds is 6. The first-order valence-corrected chi connectivity index (χ1v) is 12.5. The first-order chi connectivity index (χ1) is 11.9. The molecule has 3 nitrogen and oxygen atoms in total. The Hall–Kier alpha value is -1.91. The molecule has 2 aromatic rings. The number of hydrogen-bond acceptors (Lipinski definition) is 3. The molecule has 1 heterocycles. The molecule has 0 spiro atoms. The highest BCUT2D eigenvalue weighted by Crippen LogP contribution is 2.29. The molecule has 25 heavy (non-hydrogen) atoms. The molecule has 0 aromatic heterocycles.